The van der Waals surface area contributed by atoms with Gasteiger partial charge >= 0.3 is 0 Å². The zero-order chi connectivity index (χ0) is 11.3. The molecule has 0 saturated heterocycles. The number of alkyl halides is 2. The van der Waals surface area contributed by atoms with E-state index < -0.39 is 6.43 Å². The second kappa shape index (κ2) is 5.34. The van der Waals surface area contributed by atoms with Crippen molar-refractivity contribution in [3.8, 4) is 11.5 Å². The smallest absolute Gasteiger partial charge is 0.257 e. The van der Waals surface area contributed by atoms with Crippen molar-refractivity contribution in [2.45, 2.75) is 6.43 Å². The summed E-state index contributed by atoms with van der Waals surface area (Å²) in [5.41, 5.74) is 0.567. The standard InChI is InChI=1S/C11H12F2O2/c1-14-9-4-5-10(15-2)8(7-9)3-6-11(12)13/h3-7,11H,1-2H3/b6-3+. The highest BCUT2D eigenvalue weighted by Crippen LogP contribution is 2.25. The molecule has 0 atom stereocenters. The topological polar surface area (TPSA) is 18.5 Å². The first kappa shape index (κ1) is 11.5. The SMILES string of the molecule is COc1ccc(OC)c(/C=C/C(F)F)c1. The molecule has 1 aromatic rings. The Balaban J connectivity index is 3.01. The van der Waals surface area contributed by atoms with E-state index in [4.69, 9.17) is 9.47 Å². The van der Waals surface area contributed by atoms with Crippen molar-refractivity contribution in [2.24, 2.45) is 0 Å². The average molecular weight is 214 g/mol. The van der Waals surface area contributed by atoms with Crippen molar-refractivity contribution in [1.29, 1.82) is 0 Å². The van der Waals surface area contributed by atoms with Crippen LogP contribution >= 0.6 is 0 Å². The van der Waals surface area contributed by atoms with Crippen molar-refractivity contribution in [2.75, 3.05) is 14.2 Å². The van der Waals surface area contributed by atoms with Crippen LogP contribution in [-0.2, 0) is 0 Å². The maximum Gasteiger partial charge on any atom is 0.257 e. The lowest BCUT2D eigenvalue weighted by atomic mass is 10.1. The fourth-order valence-electron chi connectivity index (χ4n) is 1.15. The quantitative estimate of drug-likeness (QED) is 0.767. The highest BCUT2D eigenvalue weighted by molar-refractivity contribution is 5.59. The van der Waals surface area contributed by atoms with Crippen molar-refractivity contribution < 1.29 is 18.3 Å². The van der Waals surface area contributed by atoms with Crippen molar-refractivity contribution in [3.05, 3.63) is 29.8 Å². The maximum absolute atomic E-state index is 12.0. The van der Waals surface area contributed by atoms with Gasteiger partial charge in [-0.1, -0.05) is 0 Å². The van der Waals surface area contributed by atoms with Gasteiger partial charge in [-0.3, -0.25) is 0 Å². The van der Waals surface area contributed by atoms with Crippen LogP contribution in [-0.4, -0.2) is 20.6 Å². The molecule has 0 bridgehead atoms. The van der Waals surface area contributed by atoms with Gasteiger partial charge in [0.1, 0.15) is 11.5 Å². The molecule has 0 heterocycles. The van der Waals surface area contributed by atoms with Gasteiger partial charge in [-0.25, -0.2) is 8.78 Å². The molecule has 0 N–H and O–H groups in total. The monoisotopic (exact) mass is 214 g/mol. The van der Waals surface area contributed by atoms with Crippen LogP contribution in [0.15, 0.2) is 24.3 Å². The van der Waals surface area contributed by atoms with E-state index in [0.29, 0.717) is 17.1 Å². The Kier molecular flexibility index (Phi) is 4.09. The molecular formula is C11H12F2O2. The molecule has 1 aromatic carbocycles. The number of halogens is 2. The molecule has 82 valence electrons. The zero-order valence-corrected chi connectivity index (χ0v) is 8.54. The van der Waals surface area contributed by atoms with E-state index in [2.05, 4.69) is 0 Å². The Hall–Kier alpha value is -1.58. The number of hydrogen-bond acceptors (Lipinski definition) is 2. The number of benzene rings is 1. The first-order chi connectivity index (χ1) is 7.17. The Labute approximate surface area is 87.1 Å². The van der Waals surface area contributed by atoms with Gasteiger partial charge in [-0.2, -0.15) is 0 Å². The molecule has 0 spiro atoms. The first-order valence-electron chi connectivity index (χ1n) is 4.35. The fraction of sp³-hybridized carbons (Fsp3) is 0.273. The maximum atomic E-state index is 12.0. The van der Waals surface area contributed by atoms with Gasteiger partial charge in [0.15, 0.2) is 0 Å². The fourth-order valence-corrected chi connectivity index (χ4v) is 1.15. The van der Waals surface area contributed by atoms with Crippen LogP contribution in [0.3, 0.4) is 0 Å². The molecule has 0 aliphatic carbocycles. The number of hydrogen-bond donors (Lipinski definition) is 0. The Morgan fingerprint density at radius 3 is 2.47 bits per heavy atom. The predicted octanol–water partition coefficient (Wildman–Crippen LogP) is 2.98. The highest BCUT2D eigenvalue weighted by Gasteiger charge is 2.02. The molecule has 0 fully saturated rings. The van der Waals surface area contributed by atoms with Gasteiger partial charge in [0, 0.05) is 5.56 Å². The normalized spacial score (nSPS) is 11.0. The van der Waals surface area contributed by atoms with E-state index in [1.54, 1.807) is 18.2 Å². The van der Waals surface area contributed by atoms with Crippen LogP contribution in [0, 0.1) is 0 Å². The molecule has 0 radical (unpaired) electrons. The minimum Gasteiger partial charge on any atom is -0.497 e. The van der Waals surface area contributed by atoms with E-state index in [1.807, 2.05) is 0 Å². The first-order valence-corrected chi connectivity index (χ1v) is 4.35. The minimum absolute atomic E-state index is 0.535. The number of allylic oxidation sites excluding steroid dienone is 1. The number of methoxy groups -OCH3 is 2. The van der Waals surface area contributed by atoms with Crippen LogP contribution in [0.5, 0.6) is 11.5 Å². The second-order valence-electron chi connectivity index (χ2n) is 2.80. The molecule has 4 heteroatoms. The van der Waals surface area contributed by atoms with Crippen molar-refractivity contribution in [1.82, 2.24) is 0 Å². The lowest BCUT2D eigenvalue weighted by Gasteiger charge is -2.06. The average Bonchev–Trinajstić information content (AvgIpc) is 2.25. The summed E-state index contributed by atoms with van der Waals surface area (Å²) in [6, 6.07) is 5.01. The van der Waals surface area contributed by atoms with E-state index >= 15 is 0 Å². The summed E-state index contributed by atoms with van der Waals surface area (Å²) in [6.45, 7) is 0. The van der Waals surface area contributed by atoms with Crippen molar-refractivity contribution in [3.63, 3.8) is 0 Å². The molecule has 0 aromatic heterocycles. The summed E-state index contributed by atoms with van der Waals surface area (Å²) in [4.78, 5) is 0. The van der Waals surface area contributed by atoms with E-state index in [0.717, 1.165) is 6.08 Å². The summed E-state index contributed by atoms with van der Waals surface area (Å²) in [6.07, 6.45) is -0.357. The van der Waals surface area contributed by atoms with Crippen LogP contribution in [0.25, 0.3) is 6.08 Å². The minimum atomic E-state index is -2.47. The summed E-state index contributed by atoms with van der Waals surface area (Å²) in [5, 5.41) is 0. The van der Waals surface area contributed by atoms with Crippen molar-refractivity contribution >= 4 is 6.08 Å². The Morgan fingerprint density at radius 1 is 1.20 bits per heavy atom. The van der Waals surface area contributed by atoms with E-state index in [-0.39, 0.29) is 0 Å². The third-order valence-corrected chi connectivity index (χ3v) is 1.86. The Bertz CT molecular complexity index is 348. The summed E-state index contributed by atoms with van der Waals surface area (Å²) in [5.74, 6) is 1.14. The van der Waals surface area contributed by atoms with Crippen LogP contribution in [0.2, 0.25) is 0 Å². The lowest BCUT2D eigenvalue weighted by Crippen LogP contribution is -1.90. The lowest BCUT2D eigenvalue weighted by molar-refractivity contribution is 0.205. The number of ether oxygens (including phenoxy) is 2. The molecule has 0 aliphatic heterocycles. The van der Waals surface area contributed by atoms with Crippen LogP contribution in [0.1, 0.15) is 5.56 Å². The van der Waals surface area contributed by atoms with E-state index in [1.165, 1.54) is 20.3 Å². The molecule has 1 rings (SSSR count). The van der Waals surface area contributed by atoms with Crippen LogP contribution in [0.4, 0.5) is 8.78 Å². The number of rotatable bonds is 4. The van der Waals surface area contributed by atoms with Gasteiger partial charge in [0.25, 0.3) is 6.43 Å². The highest BCUT2D eigenvalue weighted by atomic mass is 19.3. The molecule has 0 unspecified atom stereocenters. The third-order valence-electron chi connectivity index (χ3n) is 1.86. The summed E-state index contributed by atoms with van der Waals surface area (Å²) >= 11 is 0. The molecule has 0 aliphatic rings. The second-order valence-corrected chi connectivity index (χ2v) is 2.80. The molecule has 0 amide bonds. The Morgan fingerprint density at radius 2 is 1.93 bits per heavy atom. The molecular weight excluding hydrogens is 202 g/mol. The van der Waals surface area contributed by atoms with E-state index in [9.17, 15) is 8.78 Å². The zero-order valence-electron chi connectivity index (χ0n) is 8.54. The summed E-state index contributed by atoms with van der Waals surface area (Å²) < 4.78 is 34.0. The molecule has 15 heavy (non-hydrogen) atoms. The van der Waals surface area contributed by atoms with Gasteiger partial charge in [0.2, 0.25) is 0 Å². The van der Waals surface area contributed by atoms with Gasteiger partial charge in [0.05, 0.1) is 14.2 Å². The molecule has 2 nitrogen and oxygen atoms in total. The predicted molar refractivity (Wildman–Crippen MR) is 54.6 cm³/mol. The largest absolute Gasteiger partial charge is 0.497 e. The third kappa shape index (κ3) is 3.23. The van der Waals surface area contributed by atoms with Gasteiger partial charge in [-0.05, 0) is 30.4 Å². The molecule has 0 saturated carbocycles. The summed E-state index contributed by atoms with van der Waals surface area (Å²) in [7, 11) is 3.00. The van der Waals surface area contributed by atoms with Crippen LogP contribution < -0.4 is 9.47 Å². The van der Waals surface area contributed by atoms with Gasteiger partial charge < -0.3 is 9.47 Å². The van der Waals surface area contributed by atoms with Gasteiger partial charge in [-0.15, -0.1) is 0 Å².